The molecule has 0 N–H and O–H groups in total. The lowest BCUT2D eigenvalue weighted by molar-refractivity contribution is -0.137. The summed E-state index contributed by atoms with van der Waals surface area (Å²) in [6.45, 7) is 6.78. The van der Waals surface area contributed by atoms with Crippen molar-refractivity contribution < 1.29 is 41.7 Å². The van der Waals surface area contributed by atoms with Crippen LogP contribution in [0.25, 0.3) is 0 Å². The van der Waals surface area contributed by atoms with Crippen LogP contribution in [0.3, 0.4) is 0 Å². The predicted molar refractivity (Wildman–Crippen MR) is 181 cm³/mol. The zero-order valence-corrected chi connectivity index (χ0v) is 28.1. The average molecular weight is 698 g/mol. The van der Waals surface area contributed by atoms with Gasteiger partial charge in [-0.25, -0.2) is 0 Å². The Balaban J connectivity index is 0.974. The number of carbonyl (C=O) groups excluding carboxylic acids is 1. The Morgan fingerprint density at radius 3 is 1.96 bits per heavy atom. The minimum atomic E-state index is -4.77. The Labute approximate surface area is 289 Å². The summed E-state index contributed by atoms with van der Waals surface area (Å²) in [7, 11) is 0. The standard InChI is InChI=1S/C36H38F3N3O6S/c1-35(2)33(43)41(29-8-7-27(24-40)32(23-29)36(37,38)39)34(49)42(35)28-9-11-30(12-10-28)47-19-17-45-15-13-44-14-16-46-18-20-48-31-21-25-5-3-4-6-26(25)22-31/h3-12,23,31H,13-22H2,1-2H3. The lowest BCUT2D eigenvalue weighted by atomic mass is 10.0. The summed E-state index contributed by atoms with van der Waals surface area (Å²) in [6, 6.07) is 19.9. The highest BCUT2D eigenvalue weighted by molar-refractivity contribution is 7.81. The normalized spacial score (nSPS) is 15.9. The molecule has 3 aromatic carbocycles. The van der Waals surface area contributed by atoms with Gasteiger partial charge in [-0.2, -0.15) is 18.4 Å². The lowest BCUT2D eigenvalue weighted by Gasteiger charge is -2.29. The number of anilines is 2. The van der Waals surface area contributed by atoms with E-state index in [1.807, 2.05) is 0 Å². The maximum Gasteiger partial charge on any atom is 0.417 e. The van der Waals surface area contributed by atoms with E-state index in [4.69, 9.17) is 41.2 Å². The monoisotopic (exact) mass is 697 g/mol. The van der Waals surface area contributed by atoms with Gasteiger partial charge < -0.3 is 28.6 Å². The second-order valence-corrected chi connectivity index (χ2v) is 12.4. The summed E-state index contributed by atoms with van der Waals surface area (Å²) in [6.07, 6.45) is -2.64. The average Bonchev–Trinajstić information content (AvgIpc) is 3.57. The van der Waals surface area contributed by atoms with Crippen LogP contribution in [-0.4, -0.2) is 75.5 Å². The zero-order valence-electron chi connectivity index (χ0n) is 27.3. The molecule has 0 unspecified atom stereocenters. The molecule has 1 aliphatic heterocycles. The Morgan fingerprint density at radius 2 is 1.39 bits per heavy atom. The van der Waals surface area contributed by atoms with Crippen molar-refractivity contribution in [1.82, 2.24) is 0 Å². The van der Waals surface area contributed by atoms with Crippen LogP contribution in [0, 0.1) is 11.3 Å². The van der Waals surface area contributed by atoms with Gasteiger partial charge in [0, 0.05) is 5.69 Å². The van der Waals surface area contributed by atoms with E-state index in [0.717, 1.165) is 29.9 Å². The van der Waals surface area contributed by atoms with Crippen molar-refractivity contribution in [3.8, 4) is 11.8 Å². The maximum atomic E-state index is 13.6. The Kier molecular flexibility index (Phi) is 11.9. The van der Waals surface area contributed by atoms with E-state index in [0.29, 0.717) is 64.3 Å². The number of hydrogen-bond acceptors (Lipinski definition) is 8. The first-order valence-corrected chi connectivity index (χ1v) is 16.4. The summed E-state index contributed by atoms with van der Waals surface area (Å²) in [4.78, 5) is 16.1. The van der Waals surface area contributed by atoms with Gasteiger partial charge in [-0.3, -0.25) is 9.69 Å². The maximum absolute atomic E-state index is 13.6. The van der Waals surface area contributed by atoms with Crippen molar-refractivity contribution in [3.05, 3.63) is 89.0 Å². The molecular formula is C36H38F3N3O6S. The molecule has 0 aromatic heterocycles. The number of halogens is 3. The first-order chi connectivity index (χ1) is 23.5. The molecule has 0 atom stereocenters. The topological polar surface area (TPSA) is 93.5 Å². The molecule has 1 heterocycles. The third-order valence-corrected chi connectivity index (χ3v) is 8.65. The molecule has 1 amide bonds. The first-order valence-electron chi connectivity index (χ1n) is 16.0. The molecule has 2 aliphatic rings. The van der Waals surface area contributed by atoms with Gasteiger partial charge in [0.2, 0.25) is 0 Å². The fraction of sp³-hybridized carbons (Fsp3) is 0.417. The van der Waals surface area contributed by atoms with Gasteiger partial charge in [-0.15, -0.1) is 0 Å². The zero-order chi connectivity index (χ0) is 35.0. The molecule has 260 valence electrons. The molecule has 3 aromatic rings. The highest BCUT2D eigenvalue weighted by Crippen LogP contribution is 2.40. The largest absolute Gasteiger partial charge is 0.491 e. The van der Waals surface area contributed by atoms with Crippen LogP contribution in [0.2, 0.25) is 0 Å². The molecule has 1 aliphatic carbocycles. The third-order valence-electron chi connectivity index (χ3n) is 8.29. The number of nitrogens with zero attached hydrogens (tertiary/aromatic N) is 3. The summed E-state index contributed by atoms with van der Waals surface area (Å²) in [5.74, 6) is 0.0654. The molecule has 1 fully saturated rings. The van der Waals surface area contributed by atoms with Crippen LogP contribution in [-0.2, 0) is 42.8 Å². The quantitative estimate of drug-likeness (QED) is 0.130. The van der Waals surface area contributed by atoms with Crippen molar-refractivity contribution in [2.75, 3.05) is 62.7 Å². The van der Waals surface area contributed by atoms with Gasteiger partial charge in [0.15, 0.2) is 5.11 Å². The molecule has 0 bridgehead atoms. The third kappa shape index (κ3) is 8.76. The second-order valence-electron chi connectivity index (χ2n) is 12.0. The van der Waals surface area contributed by atoms with Gasteiger partial charge in [-0.05, 0) is 92.5 Å². The van der Waals surface area contributed by atoms with E-state index >= 15 is 0 Å². The van der Waals surface area contributed by atoms with Crippen LogP contribution < -0.4 is 14.5 Å². The van der Waals surface area contributed by atoms with E-state index in [2.05, 4.69) is 24.3 Å². The van der Waals surface area contributed by atoms with Crippen molar-refractivity contribution in [2.24, 2.45) is 0 Å². The smallest absolute Gasteiger partial charge is 0.417 e. The van der Waals surface area contributed by atoms with Crippen molar-refractivity contribution in [2.45, 2.75) is 44.5 Å². The SMILES string of the molecule is CC1(C)C(=O)N(c2ccc(C#N)c(C(F)(F)F)c2)C(=S)N1c1ccc(OCCOCCOCCOCCOC2Cc3ccccc3C2)cc1. The highest BCUT2D eigenvalue weighted by Gasteiger charge is 2.50. The summed E-state index contributed by atoms with van der Waals surface area (Å²) in [5, 5.41) is 9.15. The molecule has 13 heteroatoms. The molecule has 0 radical (unpaired) electrons. The van der Waals surface area contributed by atoms with Crippen LogP contribution in [0.4, 0.5) is 24.5 Å². The molecular weight excluding hydrogens is 659 g/mol. The first kappa shape index (κ1) is 36.2. The molecule has 0 spiro atoms. The van der Waals surface area contributed by atoms with Crippen molar-refractivity contribution in [1.29, 1.82) is 5.26 Å². The highest BCUT2D eigenvalue weighted by atomic mass is 32.1. The number of benzene rings is 3. The predicted octanol–water partition coefficient (Wildman–Crippen LogP) is 6.11. The Bertz CT molecular complexity index is 1640. The van der Waals surface area contributed by atoms with Gasteiger partial charge in [0.05, 0.1) is 75.2 Å². The summed E-state index contributed by atoms with van der Waals surface area (Å²) >= 11 is 5.59. The minimum absolute atomic E-state index is 0.0173. The van der Waals surface area contributed by atoms with Crippen LogP contribution in [0.1, 0.15) is 36.1 Å². The fourth-order valence-electron chi connectivity index (χ4n) is 5.82. The van der Waals surface area contributed by atoms with E-state index in [1.54, 1.807) is 49.1 Å². The van der Waals surface area contributed by atoms with Gasteiger partial charge in [0.1, 0.15) is 17.9 Å². The van der Waals surface area contributed by atoms with Crippen molar-refractivity contribution in [3.63, 3.8) is 0 Å². The van der Waals surface area contributed by atoms with Crippen LogP contribution in [0.15, 0.2) is 66.7 Å². The number of alkyl halides is 3. The molecule has 5 rings (SSSR count). The number of thiocarbonyl (C=S) groups is 1. The number of amides is 1. The van der Waals surface area contributed by atoms with Crippen LogP contribution in [0.5, 0.6) is 5.75 Å². The van der Waals surface area contributed by atoms with Gasteiger partial charge >= 0.3 is 6.18 Å². The summed E-state index contributed by atoms with van der Waals surface area (Å²) in [5.41, 5.74) is 0.369. The number of carbonyl (C=O) groups is 1. The lowest BCUT2D eigenvalue weighted by Crippen LogP contribution is -2.44. The second kappa shape index (κ2) is 16.1. The molecule has 1 saturated heterocycles. The minimum Gasteiger partial charge on any atom is -0.491 e. The number of fused-ring (bicyclic) bond motifs is 1. The number of hydrogen-bond donors (Lipinski definition) is 0. The van der Waals surface area contributed by atoms with Crippen LogP contribution >= 0.6 is 12.2 Å². The molecule has 49 heavy (non-hydrogen) atoms. The molecule has 0 saturated carbocycles. The number of nitriles is 1. The van der Waals surface area contributed by atoms with E-state index in [9.17, 15) is 18.0 Å². The molecule has 9 nitrogen and oxygen atoms in total. The van der Waals surface area contributed by atoms with E-state index in [-0.39, 0.29) is 16.9 Å². The van der Waals surface area contributed by atoms with E-state index in [1.165, 1.54) is 17.2 Å². The van der Waals surface area contributed by atoms with Gasteiger partial charge in [-0.1, -0.05) is 24.3 Å². The number of ether oxygens (including phenoxy) is 5. The number of rotatable bonds is 16. The summed E-state index contributed by atoms with van der Waals surface area (Å²) < 4.78 is 69.2. The van der Waals surface area contributed by atoms with Gasteiger partial charge in [0.25, 0.3) is 5.91 Å². The Hall–Kier alpha value is -4.06. The van der Waals surface area contributed by atoms with Crippen molar-refractivity contribution >= 4 is 34.6 Å². The van der Waals surface area contributed by atoms with E-state index < -0.39 is 28.7 Å². The Morgan fingerprint density at radius 1 is 0.837 bits per heavy atom. The fourth-order valence-corrected chi connectivity index (χ4v) is 6.34.